The van der Waals surface area contributed by atoms with Gasteiger partial charge in [0.1, 0.15) is 10.7 Å². The van der Waals surface area contributed by atoms with Crippen LogP contribution in [0.15, 0.2) is 46.9 Å². The van der Waals surface area contributed by atoms with Gasteiger partial charge < -0.3 is 4.90 Å². The lowest BCUT2D eigenvalue weighted by molar-refractivity contribution is -0.384. The van der Waals surface area contributed by atoms with E-state index in [1.165, 1.54) is 22.3 Å². The third-order valence-corrected chi connectivity index (χ3v) is 6.54. The van der Waals surface area contributed by atoms with Crippen LogP contribution in [0, 0.1) is 10.1 Å². The fourth-order valence-corrected chi connectivity index (χ4v) is 4.44. The van der Waals surface area contributed by atoms with Gasteiger partial charge in [0.15, 0.2) is 0 Å². The molecule has 1 aromatic heterocycles. The van der Waals surface area contributed by atoms with Crippen molar-refractivity contribution in [1.82, 2.24) is 10.2 Å². The lowest BCUT2D eigenvalue weighted by atomic mass is 10.1. The number of nitrogens with zero attached hydrogens (tertiary/aromatic N) is 5. The molecule has 8 nitrogen and oxygen atoms in total. The number of halogens is 1. The van der Waals surface area contributed by atoms with Crippen molar-refractivity contribution in [2.45, 2.75) is 12.8 Å². The minimum Gasteiger partial charge on any atom is -0.366 e. The molecule has 0 N–H and O–H groups in total. The van der Waals surface area contributed by atoms with E-state index in [9.17, 15) is 14.9 Å². The summed E-state index contributed by atoms with van der Waals surface area (Å²) in [6, 6.07) is 12.3. The van der Waals surface area contributed by atoms with Crippen LogP contribution >= 0.6 is 27.3 Å². The smallest absolute Gasteiger partial charge is 0.293 e. The van der Waals surface area contributed by atoms with Gasteiger partial charge in [-0.25, -0.2) is 0 Å². The van der Waals surface area contributed by atoms with Crippen LogP contribution in [-0.4, -0.2) is 41.2 Å². The van der Waals surface area contributed by atoms with Gasteiger partial charge in [0.05, 0.1) is 4.92 Å². The predicted octanol–water partition coefficient (Wildman–Crippen LogP) is 4.75. The molecule has 1 aliphatic heterocycles. The number of carbonyl (C=O) groups is 1. The van der Waals surface area contributed by atoms with Crippen molar-refractivity contribution in [3.63, 3.8) is 0 Å². The van der Waals surface area contributed by atoms with E-state index >= 15 is 0 Å². The van der Waals surface area contributed by atoms with Crippen molar-refractivity contribution in [2.75, 3.05) is 29.9 Å². The summed E-state index contributed by atoms with van der Waals surface area (Å²) >= 11 is 4.68. The van der Waals surface area contributed by atoms with Crippen LogP contribution in [0.1, 0.15) is 23.2 Å². The van der Waals surface area contributed by atoms with Crippen molar-refractivity contribution in [2.24, 2.45) is 0 Å². The van der Waals surface area contributed by atoms with Crippen molar-refractivity contribution in [1.29, 1.82) is 0 Å². The van der Waals surface area contributed by atoms with Crippen LogP contribution < -0.4 is 9.80 Å². The van der Waals surface area contributed by atoms with Gasteiger partial charge in [0, 0.05) is 41.8 Å². The van der Waals surface area contributed by atoms with Crippen molar-refractivity contribution in [3.8, 4) is 10.6 Å². The molecule has 2 aromatic carbocycles. The Bertz CT molecular complexity index is 1100. The van der Waals surface area contributed by atoms with E-state index in [0.29, 0.717) is 15.8 Å². The summed E-state index contributed by atoms with van der Waals surface area (Å²) in [5, 5.41) is 21.0. The molecule has 4 rings (SSSR count). The van der Waals surface area contributed by atoms with Gasteiger partial charge in [0.2, 0.25) is 5.13 Å². The molecule has 0 saturated carbocycles. The van der Waals surface area contributed by atoms with E-state index in [2.05, 4.69) is 26.1 Å². The second kappa shape index (κ2) is 8.49. The second-order valence-corrected chi connectivity index (χ2v) is 8.79. The largest absolute Gasteiger partial charge is 0.366 e. The average Bonchev–Trinajstić information content (AvgIpc) is 3.45. The first-order valence-electron chi connectivity index (χ1n) is 9.35. The quantitative estimate of drug-likeness (QED) is 0.380. The Morgan fingerprint density at radius 1 is 1.17 bits per heavy atom. The molecular weight excluding hydrogens is 470 g/mol. The average molecular weight is 488 g/mol. The fraction of sp³-hybridized carbons (Fsp3) is 0.250. The molecule has 1 amide bonds. The molecule has 30 heavy (non-hydrogen) atoms. The zero-order chi connectivity index (χ0) is 21.3. The Hall–Kier alpha value is -2.85. The summed E-state index contributed by atoms with van der Waals surface area (Å²) in [6.07, 6.45) is 2.02. The molecule has 0 aliphatic carbocycles. The monoisotopic (exact) mass is 487 g/mol. The maximum Gasteiger partial charge on any atom is 0.293 e. The van der Waals surface area contributed by atoms with Crippen LogP contribution in [0.25, 0.3) is 10.6 Å². The number of nitro benzene ring substituents is 1. The number of aromatic nitrogens is 2. The molecule has 3 aromatic rings. The summed E-state index contributed by atoms with van der Waals surface area (Å²) in [5.74, 6) is -0.371. The van der Waals surface area contributed by atoms with Crippen molar-refractivity contribution >= 4 is 49.7 Å². The first-order valence-corrected chi connectivity index (χ1v) is 11.0. The van der Waals surface area contributed by atoms with E-state index in [4.69, 9.17) is 0 Å². The highest BCUT2D eigenvalue weighted by Gasteiger charge is 2.26. The highest BCUT2D eigenvalue weighted by Crippen LogP contribution is 2.33. The van der Waals surface area contributed by atoms with Crippen LogP contribution in [0.4, 0.5) is 16.5 Å². The van der Waals surface area contributed by atoms with Crippen LogP contribution in [0.2, 0.25) is 0 Å². The van der Waals surface area contributed by atoms with Gasteiger partial charge in [-0.3, -0.25) is 19.8 Å². The third kappa shape index (κ3) is 4.05. The molecular formula is C20H18BrN5O3S. The Morgan fingerprint density at radius 3 is 2.53 bits per heavy atom. The molecule has 2 heterocycles. The van der Waals surface area contributed by atoms with E-state index in [-0.39, 0.29) is 17.2 Å². The number of amides is 1. The Labute approximate surface area is 185 Å². The van der Waals surface area contributed by atoms with Gasteiger partial charge in [-0.05, 0) is 37.1 Å². The molecule has 0 unspecified atom stereocenters. The molecule has 0 radical (unpaired) electrons. The number of rotatable bonds is 5. The molecule has 0 spiro atoms. The minimum atomic E-state index is -0.430. The van der Waals surface area contributed by atoms with Gasteiger partial charge in [-0.15, -0.1) is 10.2 Å². The van der Waals surface area contributed by atoms with Gasteiger partial charge >= 0.3 is 0 Å². The molecule has 154 valence electrons. The first-order chi connectivity index (χ1) is 14.4. The lowest BCUT2D eigenvalue weighted by Crippen LogP contribution is -2.26. The SMILES string of the molecule is CN(C(=O)c1ccc(N2CCCC2)c([N+](=O)[O-])c1)c1nnc(-c2ccc(Br)cc2)s1. The predicted molar refractivity (Wildman–Crippen MR) is 120 cm³/mol. The number of anilines is 2. The van der Waals surface area contributed by atoms with Crippen LogP contribution in [-0.2, 0) is 0 Å². The van der Waals surface area contributed by atoms with E-state index in [1.807, 2.05) is 29.2 Å². The van der Waals surface area contributed by atoms with Crippen LogP contribution in [0.5, 0.6) is 0 Å². The van der Waals surface area contributed by atoms with E-state index < -0.39 is 4.92 Å². The highest BCUT2D eigenvalue weighted by atomic mass is 79.9. The fourth-order valence-electron chi connectivity index (χ4n) is 3.37. The Kier molecular flexibility index (Phi) is 5.78. The highest BCUT2D eigenvalue weighted by molar-refractivity contribution is 9.10. The Morgan fingerprint density at radius 2 is 1.87 bits per heavy atom. The number of benzene rings is 2. The third-order valence-electron chi connectivity index (χ3n) is 4.96. The number of carbonyl (C=O) groups excluding carboxylic acids is 1. The normalized spacial score (nSPS) is 13.5. The molecule has 1 saturated heterocycles. The molecule has 10 heteroatoms. The molecule has 0 atom stereocenters. The van der Waals surface area contributed by atoms with Crippen molar-refractivity contribution in [3.05, 3.63) is 62.6 Å². The summed E-state index contributed by atoms with van der Waals surface area (Å²) in [5.41, 5.74) is 1.65. The summed E-state index contributed by atoms with van der Waals surface area (Å²) in [7, 11) is 1.59. The standard InChI is InChI=1S/C20H18BrN5O3S/c1-24(20-23-22-18(30-20)13-4-7-15(21)8-5-13)19(27)14-6-9-16(17(12-14)26(28)29)25-10-2-3-11-25/h4-9,12H,2-3,10-11H2,1H3. The van der Waals surface area contributed by atoms with Crippen LogP contribution in [0.3, 0.4) is 0 Å². The zero-order valence-corrected chi connectivity index (χ0v) is 18.5. The zero-order valence-electron chi connectivity index (χ0n) is 16.1. The van der Waals surface area contributed by atoms with Gasteiger partial charge in [0.25, 0.3) is 11.6 Å². The van der Waals surface area contributed by atoms with E-state index in [0.717, 1.165) is 36.0 Å². The minimum absolute atomic E-state index is 0.0519. The molecule has 1 aliphatic rings. The maximum absolute atomic E-state index is 13.0. The number of hydrogen-bond acceptors (Lipinski definition) is 7. The summed E-state index contributed by atoms with van der Waals surface area (Å²) < 4.78 is 0.960. The van der Waals surface area contributed by atoms with Crippen molar-refractivity contribution < 1.29 is 9.72 Å². The molecule has 1 fully saturated rings. The van der Waals surface area contributed by atoms with Gasteiger partial charge in [-0.2, -0.15) is 0 Å². The maximum atomic E-state index is 13.0. The molecule has 0 bridgehead atoms. The topological polar surface area (TPSA) is 92.5 Å². The first kappa shape index (κ1) is 20.4. The van der Waals surface area contributed by atoms with E-state index in [1.54, 1.807) is 19.2 Å². The lowest BCUT2D eigenvalue weighted by Gasteiger charge is -2.18. The Balaban J connectivity index is 1.59. The number of hydrogen-bond donors (Lipinski definition) is 0. The van der Waals surface area contributed by atoms with Gasteiger partial charge in [-0.1, -0.05) is 39.4 Å². The summed E-state index contributed by atoms with van der Waals surface area (Å²) in [4.78, 5) is 27.5. The summed E-state index contributed by atoms with van der Waals surface area (Å²) in [6.45, 7) is 1.58. The number of nitro groups is 1. The second-order valence-electron chi connectivity index (χ2n) is 6.92.